The van der Waals surface area contributed by atoms with Gasteiger partial charge in [-0.3, -0.25) is 24.3 Å². The third-order valence-electron chi connectivity index (χ3n) is 5.12. The quantitative estimate of drug-likeness (QED) is 0.401. The highest BCUT2D eigenvalue weighted by atomic mass is 16.6. The van der Waals surface area contributed by atoms with Crippen LogP contribution in [0.2, 0.25) is 0 Å². The number of nitro groups is 1. The Labute approximate surface area is 155 Å². The molecule has 0 bridgehead atoms. The predicted molar refractivity (Wildman–Crippen MR) is 102 cm³/mol. The van der Waals surface area contributed by atoms with Gasteiger partial charge in [-0.05, 0) is 62.1 Å². The molecule has 138 valence electrons. The number of fused-ring (bicyclic) bond motifs is 1. The lowest BCUT2D eigenvalue weighted by Crippen LogP contribution is -2.25. The molecule has 0 aliphatic heterocycles. The van der Waals surface area contributed by atoms with Gasteiger partial charge in [0, 0.05) is 17.7 Å². The van der Waals surface area contributed by atoms with E-state index >= 15 is 0 Å². The maximum absolute atomic E-state index is 12.8. The molecule has 0 unspecified atom stereocenters. The minimum atomic E-state index is -0.541. The van der Waals surface area contributed by atoms with Crippen molar-refractivity contribution in [2.75, 3.05) is 0 Å². The first-order valence-electron chi connectivity index (χ1n) is 8.45. The minimum Gasteiger partial charge on any atom is -0.292 e. The van der Waals surface area contributed by atoms with Gasteiger partial charge in [-0.2, -0.15) is 0 Å². The molecule has 0 aliphatic carbocycles. The fourth-order valence-electron chi connectivity index (χ4n) is 3.11. The molecule has 0 N–H and O–H groups in total. The molecule has 0 amide bonds. The fourth-order valence-corrected chi connectivity index (χ4v) is 3.11. The molecule has 0 saturated carbocycles. The van der Waals surface area contributed by atoms with Crippen LogP contribution >= 0.6 is 0 Å². The monoisotopic (exact) mass is 365 g/mol. The first-order chi connectivity index (χ1) is 12.7. The molecule has 0 fully saturated rings. The van der Waals surface area contributed by atoms with E-state index in [2.05, 4.69) is 4.98 Å². The van der Waals surface area contributed by atoms with Crippen LogP contribution in [0, 0.1) is 37.8 Å². The van der Waals surface area contributed by atoms with Crippen LogP contribution in [0.3, 0.4) is 0 Å². The number of nitrogens with zero attached hydrogens (tertiary/aromatic N) is 3. The summed E-state index contributed by atoms with van der Waals surface area (Å²) in [6.45, 7) is 7.71. The van der Waals surface area contributed by atoms with Crippen molar-refractivity contribution in [1.29, 1.82) is 0 Å². The third-order valence-corrected chi connectivity index (χ3v) is 5.12. The Hall–Kier alpha value is -3.35. The average Bonchev–Trinajstić information content (AvgIpc) is 2.64. The second kappa shape index (κ2) is 6.75. The number of carbonyl (C=O) groups is 1. The molecule has 27 heavy (non-hydrogen) atoms. The predicted octanol–water partition coefficient (Wildman–Crippen LogP) is 3.42. The van der Waals surface area contributed by atoms with Crippen LogP contribution in [0.4, 0.5) is 5.69 Å². The summed E-state index contributed by atoms with van der Waals surface area (Å²) in [7, 11) is 0. The summed E-state index contributed by atoms with van der Waals surface area (Å²) in [4.78, 5) is 39.9. The summed E-state index contributed by atoms with van der Waals surface area (Å²) < 4.78 is 1.24. The zero-order valence-electron chi connectivity index (χ0n) is 15.6. The number of hydrogen-bond acceptors (Lipinski definition) is 5. The van der Waals surface area contributed by atoms with Gasteiger partial charge in [0.1, 0.15) is 0 Å². The summed E-state index contributed by atoms with van der Waals surface area (Å²) in [6, 6.07) is 5.73. The van der Waals surface area contributed by atoms with Crippen molar-refractivity contribution in [1.82, 2.24) is 9.55 Å². The van der Waals surface area contributed by atoms with Gasteiger partial charge in [-0.25, -0.2) is 4.98 Å². The molecule has 0 spiro atoms. The van der Waals surface area contributed by atoms with E-state index < -0.39 is 10.5 Å². The largest absolute Gasteiger partial charge is 0.292 e. The lowest BCUT2D eigenvalue weighted by atomic mass is 9.92. The van der Waals surface area contributed by atoms with E-state index in [1.807, 2.05) is 33.8 Å². The second-order valence-electron chi connectivity index (χ2n) is 6.68. The highest BCUT2D eigenvalue weighted by Crippen LogP contribution is 2.22. The summed E-state index contributed by atoms with van der Waals surface area (Å²) in [6.07, 6.45) is 1.26. The van der Waals surface area contributed by atoms with E-state index in [-0.39, 0.29) is 28.9 Å². The number of ketones is 1. The van der Waals surface area contributed by atoms with E-state index in [9.17, 15) is 19.7 Å². The number of nitro benzene ring substituents is 1. The maximum atomic E-state index is 12.8. The number of non-ortho nitro benzene ring substituents is 1. The van der Waals surface area contributed by atoms with Crippen LogP contribution in [0.25, 0.3) is 10.9 Å². The Kier molecular flexibility index (Phi) is 4.61. The molecule has 3 rings (SSSR count). The molecule has 7 heteroatoms. The lowest BCUT2D eigenvalue weighted by Gasteiger charge is -2.14. The van der Waals surface area contributed by atoms with Crippen LogP contribution in [0.5, 0.6) is 0 Å². The van der Waals surface area contributed by atoms with Gasteiger partial charge in [0.2, 0.25) is 0 Å². The van der Waals surface area contributed by atoms with Crippen LogP contribution in [-0.4, -0.2) is 20.3 Å². The highest BCUT2D eigenvalue weighted by Gasteiger charge is 2.16. The number of benzene rings is 2. The molecule has 0 atom stereocenters. The second-order valence-corrected chi connectivity index (χ2v) is 6.68. The van der Waals surface area contributed by atoms with Gasteiger partial charge in [0.15, 0.2) is 5.78 Å². The smallest absolute Gasteiger partial charge is 0.271 e. The highest BCUT2D eigenvalue weighted by molar-refractivity contribution is 5.98. The Balaban J connectivity index is 2.01. The van der Waals surface area contributed by atoms with Gasteiger partial charge >= 0.3 is 0 Å². The van der Waals surface area contributed by atoms with Crippen molar-refractivity contribution in [3.8, 4) is 0 Å². The molecule has 2 aromatic carbocycles. The van der Waals surface area contributed by atoms with E-state index in [1.165, 1.54) is 29.1 Å². The van der Waals surface area contributed by atoms with Crippen molar-refractivity contribution < 1.29 is 9.72 Å². The number of carbonyl (C=O) groups excluding carboxylic acids is 1. The summed E-state index contributed by atoms with van der Waals surface area (Å²) >= 11 is 0. The molecule has 0 radical (unpaired) electrons. The standard InChI is InChI=1S/C20H19N3O4/c1-11-7-17(14(4)13(3)12(11)2)19(24)9-22-10-21-18-8-15(23(26)27)5-6-16(18)20(22)25/h5-8,10H,9H2,1-4H3. The topological polar surface area (TPSA) is 95.1 Å². The number of Topliss-reactive ketones (excluding diaryl/α,β-unsaturated/α-hetero) is 1. The zero-order chi connectivity index (χ0) is 19.9. The van der Waals surface area contributed by atoms with E-state index in [1.54, 1.807) is 0 Å². The van der Waals surface area contributed by atoms with Crippen molar-refractivity contribution in [2.45, 2.75) is 34.2 Å². The van der Waals surface area contributed by atoms with E-state index in [0.29, 0.717) is 5.56 Å². The number of rotatable bonds is 4. The van der Waals surface area contributed by atoms with Crippen LogP contribution in [0.15, 0.2) is 35.4 Å². The number of aryl methyl sites for hydroxylation is 1. The Bertz CT molecular complexity index is 1160. The van der Waals surface area contributed by atoms with Crippen molar-refractivity contribution in [2.24, 2.45) is 0 Å². The van der Waals surface area contributed by atoms with Gasteiger partial charge in [-0.15, -0.1) is 0 Å². The van der Waals surface area contributed by atoms with Crippen LogP contribution in [0.1, 0.15) is 32.6 Å². The summed E-state index contributed by atoms with van der Waals surface area (Å²) in [5, 5.41) is 11.1. The summed E-state index contributed by atoms with van der Waals surface area (Å²) in [5.41, 5.74) is 4.43. The Morgan fingerprint density at radius 2 is 1.81 bits per heavy atom. The van der Waals surface area contributed by atoms with Crippen molar-refractivity contribution in [3.05, 3.63) is 78.9 Å². The number of aromatic nitrogens is 2. The van der Waals surface area contributed by atoms with Gasteiger partial charge in [-0.1, -0.05) is 0 Å². The molecule has 3 aromatic rings. The molecular formula is C20H19N3O4. The average molecular weight is 365 g/mol. The molecule has 0 aliphatic rings. The Morgan fingerprint density at radius 1 is 1.11 bits per heavy atom. The zero-order valence-corrected chi connectivity index (χ0v) is 15.6. The minimum absolute atomic E-state index is 0.135. The number of hydrogen-bond donors (Lipinski definition) is 0. The normalized spacial score (nSPS) is 11.0. The Morgan fingerprint density at radius 3 is 2.48 bits per heavy atom. The first-order valence-corrected chi connectivity index (χ1v) is 8.45. The van der Waals surface area contributed by atoms with Gasteiger partial charge < -0.3 is 0 Å². The first kappa shape index (κ1) is 18.4. The van der Waals surface area contributed by atoms with Gasteiger partial charge in [0.05, 0.1) is 28.7 Å². The van der Waals surface area contributed by atoms with E-state index in [4.69, 9.17) is 0 Å². The van der Waals surface area contributed by atoms with Gasteiger partial charge in [0.25, 0.3) is 11.2 Å². The lowest BCUT2D eigenvalue weighted by molar-refractivity contribution is -0.384. The molecule has 1 heterocycles. The fraction of sp³-hybridized carbons (Fsp3) is 0.250. The maximum Gasteiger partial charge on any atom is 0.271 e. The molecule has 0 saturated heterocycles. The molecule has 7 nitrogen and oxygen atoms in total. The van der Waals surface area contributed by atoms with E-state index in [0.717, 1.165) is 22.3 Å². The molecular weight excluding hydrogens is 346 g/mol. The van der Waals surface area contributed by atoms with Crippen molar-refractivity contribution >= 4 is 22.4 Å². The van der Waals surface area contributed by atoms with Crippen LogP contribution in [-0.2, 0) is 6.54 Å². The van der Waals surface area contributed by atoms with Crippen molar-refractivity contribution in [3.63, 3.8) is 0 Å². The SMILES string of the molecule is Cc1cc(C(=O)Cn2cnc3cc([N+](=O)[O-])ccc3c2=O)c(C)c(C)c1C. The summed E-state index contributed by atoms with van der Waals surface area (Å²) in [5.74, 6) is -0.177. The third kappa shape index (κ3) is 3.23. The molecule has 1 aromatic heterocycles. The van der Waals surface area contributed by atoms with Crippen LogP contribution < -0.4 is 5.56 Å².